The molecule has 3 amide bonds. The average molecular weight is 499 g/mol. The smallest absolute Gasteiger partial charge is 0.277 e. The SMILES string of the molecule is CO[C@H]1CN(C)C(=O)c2cc(NC(=O)c3cc(C)on3)ccc2OC[C@@H](C)N(C(=O)C2CC2)C[C@@H]1C. The van der Waals surface area contributed by atoms with E-state index in [1.54, 1.807) is 44.2 Å². The molecule has 0 spiro atoms. The summed E-state index contributed by atoms with van der Waals surface area (Å²) in [5, 5.41) is 6.49. The van der Waals surface area contributed by atoms with Crippen molar-refractivity contribution >= 4 is 23.4 Å². The molecule has 1 aromatic heterocycles. The molecule has 194 valence electrons. The zero-order chi connectivity index (χ0) is 26.0. The molecular weight excluding hydrogens is 464 g/mol. The molecular formula is C26H34N4O6. The standard InChI is InChI=1S/C26H34N4O6/c1-15-12-30(25(32)18-6-7-18)16(2)14-35-22-9-8-19(27-24(31)21-10-17(3)36-28-21)11-20(22)26(33)29(4)13-23(15)34-5/h8-11,15-16,18,23H,6-7,12-14H2,1-5H3,(H,27,31)/t15-,16+,23-/m0/s1. The maximum atomic E-state index is 13.5. The van der Waals surface area contributed by atoms with Crippen LogP contribution in [-0.4, -0.2) is 78.7 Å². The van der Waals surface area contributed by atoms with Gasteiger partial charge in [-0.05, 0) is 44.9 Å². The second-order valence-electron chi connectivity index (χ2n) is 9.85. The van der Waals surface area contributed by atoms with Gasteiger partial charge in [-0.3, -0.25) is 14.4 Å². The third-order valence-electron chi connectivity index (χ3n) is 6.77. The Morgan fingerprint density at radius 2 is 1.92 bits per heavy atom. The quantitative estimate of drug-likeness (QED) is 0.689. The number of amides is 3. The van der Waals surface area contributed by atoms with Crippen molar-refractivity contribution in [2.75, 3.05) is 39.2 Å². The predicted molar refractivity (Wildman–Crippen MR) is 132 cm³/mol. The Kier molecular flexibility index (Phi) is 7.63. The predicted octanol–water partition coefficient (Wildman–Crippen LogP) is 2.98. The van der Waals surface area contributed by atoms with Crippen LogP contribution in [0, 0.1) is 18.8 Å². The number of nitrogens with one attached hydrogen (secondary N) is 1. The first-order valence-electron chi connectivity index (χ1n) is 12.3. The van der Waals surface area contributed by atoms with Gasteiger partial charge in [-0.25, -0.2) is 0 Å². The lowest BCUT2D eigenvalue weighted by molar-refractivity contribution is -0.136. The first-order valence-corrected chi connectivity index (χ1v) is 12.3. The lowest BCUT2D eigenvalue weighted by Crippen LogP contribution is -2.49. The molecule has 0 saturated heterocycles. The van der Waals surface area contributed by atoms with Gasteiger partial charge in [0.1, 0.15) is 18.1 Å². The number of hydrogen-bond acceptors (Lipinski definition) is 7. The van der Waals surface area contributed by atoms with Gasteiger partial charge < -0.3 is 29.1 Å². The van der Waals surface area contributed by atoms with Gasteiger partial charge in [0.25, 0.3) is 11.8 Å². The fourth-order valence-corrected chi connectivity index (χ4v) is 4.39. The number of rotatable bonds is 4. The number of ether oxygens (including phenoxy) is 2. The third-order valence-corrected chi connectivity index (χ3v) is 6.77. The van der Waals surface area contributed by atoms with E-state index in [-0.39, 0.29) is 48.1 Å². The van der Waals surface area contributed by atoms with Gasteiger partial charge in [0.15, 0.2) is 5.69 Å². The number of nitrogens with zero attached hydrogens (tertiary/aromatic N) is 3. The summed E-state index contributed by atoms with van der Waals surface area (Å²) in [6.45, 7) is 6.79. The molecule has 1 N–H and O–H groups in total. The number of carbonyl (C=O) groups excluding carboxylic acids is 3. The summed E-state index contributed by atoms with van der Waals surface area (Å²) in [6, 6.07) is 6.27. The number of aromatic nitrogens is 1. The average Bonchev–Trinajstić information content (AvgIpc) is 3.62. The van der Waals surface area contributed by atoms with Crippen LogP contribution in [0.5, 0.6) is 5.75 Å². The number of hydrogen-bond donors (Lipinski definition) is 1. The summed E-state index contributed by atoms with van der Waals surface area (Å²) in [5.74, 6) is 0.444. The molecule has 1 saturated carbocycles. The largest absolute Gasteiger partial charge is 0.491 e. The molecule has 2 aromatic rings. The molecule has 10 nitrogen and oxygen atoms in total. The number of aryl methyl sites for hydroxylation is 1. The van der Waals surface area contributed by atoms with Crippen LogP contribution in [0.4, 0.5) is 5.69 Å². The zero-order valence-corrected chi connectivity index (χ0v) is 21.4. The fourth-order valence-electron chi connectivity index (χ4n) is 4.39. The minimum absolute atomic E-state index is 0.00540. The Labute approximate surface area is 210 Å². The number of likely N-dealkylation sites (N-methyl/N-ethyl adjacent to an activating group) is 1. The van der Waals surface area contributed by atoms with Crippen molar-refractivity contribution in [1.29, 1.82) is 0 Å². The maximum absolute atomic E-state index is 13.5. The highest BCUT2D eigenvalue weighted by atomic mass is 16.5. The zero-order valence-electron chi connectivity index (χ0n) is 21.4. The second-order valence-corrected chi connectivity index (χ2v) is 9.85. The van der Waals surface area contributed by atoms with Crippen molar-refractivity contribution in [3.8, 4) is 5.75 Å². The highest BCUT2D eigenvalue weighted by Crippen LogP contribution is 2.33. The van der Waals surface area contributed by atoms with Crippen LogP contribution in [0.3, 0.4) is 0 Å². The molecule has 1 aliphatic carbocycles. The molecule has 2 aliphatic rings. The summed E-state index contributed by atoms with van der Waals surface area (Å²) in [4.78, 5) is 42.6. The number of anilines is 1. The summed E-state index contributed by atoms with van der Waals surface area (Å²) in [5.41, 5.74) is 0.875. The second kappa shape index (κ2) is 10.7. The lowest BCUT2D eigenvalue weighted by Gasteiger charge is -2.36. The van der Waals surface area contributed by atoms with Gasteiger partial charge in [-0.15, -0.1) is 0 Å². The molecule has 3 atom stereocenters. The van der Waals surface area contributed by atoms with Gasteiger partial charge >= 0.3 is 0 Å². The van der Waals surface area contributed by atoms with Crippen LogP contribution in [0.15, 0.2) is 28.8 Å². The van der Waals surface area contributed by atoms with E-state index in [2.05, 4.69) is 10.5 Å². The van der Waals surface area contributed by atoms with Crippen LogP contribution >= 0.6 is 0 Å². The normalized spacial score (nSPS) is 23.2. The molecule has 1 fully saturated rings. The molecule has 36 heavy (non-hydrogen) atoms. The van der Waals surface area contributed by atoms with Crippen molar-refractivity contribution in [3.63, 3.8) is 0 Å². The summed E-state index contributed by atoms with van der Waals surface area (Å²) in [6.07, 6.45) is 1.59. The summed E-state index contributed by atoms with van der Waals surface area (Å²) < 4.78 is 16.8. The number of benzene rings is 1. The number of carbonyl (C=O) groups is 3. The lowest BCUT2D eigenvalue weighted by atomic mass is 10.0. The molecule has 10 heteroatoms. The van der Waals surface area contributed by atoms with E-state index in [1.165, 1.54) is 6.07 Å². The molecule has 0 radical (unpaired) electrons. The third kappa shape index (κ3) is 5.70. The van der Waals surface area contributed by atoms with Crippen molar-refractivity contribution in [2.24, 2.45) is 11.8 Å². The summed E-state index contributed by atoms with van der Waals surface area (Å²) in [7, 11) is 3.33. The van der Waals surface area contributed by atoms with Gasteiger partial charge in [0, 0.05) is 50.8 Å². The Hall–Kier alpha value is -3.40. The Morgan fingerprint density at radius 1 is 1.17 bits per heavy atom. The Morgan fingerprint density at radius 3 is 2.56 bits per heavy atom. The molecule has 2 heterocycles. The Balaban J connectivity index is 1.63. The van der Waals surface area contributed by atoms with Crippen LogP contribution in [0.2, 0.25) is 0 Å². The minimum Gasteiger partial charge on any atom is -0.491 e. The molecule has 0 bridgehead atoms. The fraction of sp³-hybridized carbons (Fsp3) is 0.538. The van der Waals surface area contributed by atoms with E-state index >= 15 is 0 Å². The first-order chi connectivity index (χ1) is 17.2. The molecule has 1 aliphatic heterocycles. The highest BCUT2D eigenvalue weighted by Gasteiger charge is 2.37. The van der Waals surface area contributed by atoms with Crippen LogP contribution in [0.25, 0.3) is 0 Å². The topological polar surface area (TPSA) is 114 Å². The minimum atomic E-state index is -0.446. The highest BCUT2D eigenvalue weighted by molar-refractivity contribution is 6.04. The maximum Gasteiger partial charge on any atom is 0.277 e. The van der Waals surface area contributed by atoms with E-state index in [0.29, 0.717) is 35.9 Å². The van der Waals surface area contributed by atoms with Gasteiger partial charge in [0.05, 0.1) is 17.7 Å². The van der Waals surface area contributed by atoms with Gasteiger partial charge in [0.2, 0.25) is 5.91 Å². The van der Waals surface area contributed by atoms with Crippen LogP contribution < -0.4 is 10.1 Å². The molecule has 0 unspecified atom stereocenters. The van der Waals surface area contributed by atoms with Crippen molar-refractivity contribution < 1.29 is 28.4 Å². The number of fused-ring (bicyclic) bond motifs is 1. The first kappa shape index (κ1) is 25.7. The van der Waals surface area contributed by atoms with E-state index in [1.807, 2.05) is 18.7 Å². The Bertz CT molecular complexity index is 1130. The number of methoxy groups -OCH3 is 1. The molecule has 4 rings (SSSR count). The van der Waals surface area contributed by atoms with Crippen molar-refractivity contribution in [2.45, 2.75) is 45.8 Å². The van der Waals surface area contributed by atoms with E-state index < -0.39 is 5.91 Å². The van der Waals surface area contributed by atoms with Gasteiger partial charge in [-0.1, -0.05) is 12.1 Å². The van der Waals surface area contributed by atoms with E-state index in [4.69, 9.17) is 14.0 Å². The monoisotopic (exact) mass is 498 g/mol. The van der Waals surface area contributed by atoms with Gasteiger partial charge in [-0.2, -0.15) is 0 Å². The van der Waals surface area contributed by atoms with Crippen molar-refractivity contribution in [1.82, 2.24) is 15.0 Å². The molecule has 1 aromatic carbocycles. The van der Waals surface area contributed by atoms with E-state index in [9.17, 15) is 14.4 Å². The van der Waals surface area contributed by atoms with E-state index in [0.717, 1.165) is 12.8 Å². The van der Waals surface area contributed by atoms with Crippen LogP contribution in [-0.2, 0) is 9.53 Å². The van der Waals surface area contributed by atoms with Crippen LogP contribution in [0.1, 0.15) is 53.3 Å². The summed E-state index contributed by atoms with van der Waals surface area (Å²) >= 11 is 0. The van der Waals surface area contributed by atoms with Crippen molar-refractivity contribution in [3.05, 3.63) is 41.3 Å².